The lowest BCUT2D eigenvalue weighted by molar-refractivity contribution is 0.103. The van der Waals surface area contributed by atoms with Gasteiger partial charge in [-0.05, 0) is 30.7 Å². The van der Waals surface area contributed by atoms with E-state index in [0.29, 0.717) is 0 Å². The van der Waals surface area contributed by atoms with Crippen LogP contribution in [0.2, 0.25) is 0 Å². The molecule has 3 aromatic heterocycles. The van der Waals surface area contributed by atoms with Crippen LogP contribution in [0.1, 0.15) is 30.3 Å². The molecule has 4 heterocycles. The van der Waals surface area contributed by atoms with Crippen molar-refractivity contribution in [3.8, 4) is 9.88 Å². The summed E-state index contributed by atoms with van der Waals surface area (Å²) in [5.74, 6) is 0.798. The van der Waals surface area contributed by atoms with Gasteiger partial charge < -0.3 is 10.5 Å². The molecular weight excluding hydrogens is 294 g/mol. The predicted octanol–water partition coefficient (Wildman–Crippen LogP) is 2.66. The molecule has 3 aromatic rings. The van der Waals surface area contributed by atoms with Crippen LogP contribution in [0, 0.1) is 6.92 Å². The SMILES string of the molecule is Cc1csc(-c2nn3c(C4CCCO4)nnc3s2)c1N. The predicted molar refractivity (Wildman–Crippen MR) is 79.0 cm³/mol. The van der Waals surface area contributed by atoms with Gasteiger partial charge in [-0.25, -0.2) is 0 Å². The van der Waals surface area contributed by atoms with Crippen LogP contribution in [-0.4, -0.2) is 26.4 Å². The van der Waals surface area contributed by atoms with Crippen molar-refractivity contribution < 1.29 is 4.74 Å². The van der Waals surface area contributed by atoms with Crippen molar-refractivity contribution in [2.75, 3.05) is 12.3 Å². The molecule has 0 saturated carbocycles. The Morgan fingerprint density at radius 2 is 2.35 bits per heavy atom. The highest BCUT2D eigenvalue weighted by Gasteiger charge is 2.25. The number of nitrogens with zero attached hydrogens (tertiary/aromatic N) is 4. The number of fused-ring (bicyclic) bond motifs is 1. The Bertz CT molecular complexity index is 768. The molecule has 1 aliphatic rings. The highest BCUT2D eigenvalue weighted by molar-refractivity contribution is 7.24. The molecule has 0 bridgehead atoms. The monoisotopic (exact) mass is 307 g/mol. The van der Waals surface area contributed by atoms with E-state index in [-0.39, 0.29) is 6.10 Å². The van der Waals surface area contributed by atoms with Crippen molar-refractivity contribution in [2.45, 2.75) is 25.9 Å². The maximum Gasteiger partial charge on any atom is 0.235 e. The molecule has 1 saturated heterocycles. The number of ether oxygens (including phenoxy) is 1. The minimum absolute atomic E-state index is 0.0161. The highest BCUT2D eigenvalue weighted by Crippen LogP contribution is 2.37. The Hall–Kier alpha value is -1.51. The number of aryl methyl sites for hydroxylation is 1. The summed E-state index contributed by atoms with van der Waals surface area (Å²) in [6.45, 7) is 2.79. The third kappa shape index (κ3) is 1.75. The quantitative estimate of drug-likeness (QED) is 0.787. The van der Waals surface area contributed by atoms with Gasteiger partial charge in [-0.15, -0.1) is 21.5 Å². The Balaban J connectivity index is 1.81. The Morgan fingerprint density at radius 3 is 3.05 bits per heavy atom. The largest absolute Gasteiger partial charge is 0.397 e. The number of nitrogens with two attached hydrogens (primary N) is 1. The van der Waals surface area contributed by atoms with Crippen LogP contribution in [0.15, 0.2) is 5.38 Å². The van der Waals surface area contributed by atoms with Gasteiger partial charge in [-0.1, -0.05) is 11.3 Å². The summed E-state index contributed by atoms with van der Waals surface area (Å²) in [4.78, 5) is 1.80. The second-order valence-corrected chi connectivity index (χ2v) is 6.66. The third-order valence-electron chi connectivity index (χ3n) is 3.45. The zero-order chi connectivity index (χ0) is 13.7. The molecule has 1 aliphatic heterocycles. The van der Waals surface area contributed by atoms with Crippen molar-refractivity contribution in [3.05, 3.63) is 16.8 Å². The summed E-state index contributed by atoms with van der Waals surface area (Å²) in [7, 11) is 0. The number of hydrogen-bond acceptors (Lipinski definition) is 7. The minimum atomic E-state index is 0.0161. The van der Waals surface area contributed by atoms with E-state index < -0.39 is 0 Å². The summed E-state index contributed by atoms with van der Waals surface area (Å²) in [6.07, 6.45) is 2.06. The number of anilines is 1. The fourth-order valence-electron chi connectivity index (χ4n) is 2.32. The van der Waals surface area contributed by atoms with Crippen molar-refractivity contribution in [1.29, 1.82) is 0 Å². The van der Waals surface area contributed by atoms with Gasteiger partial charge in [0.05, 0.1) is 10.6 Å². The van der Waals surface area contributed by atoms with Gasteiger partial charge in [0, 0.05) is 6.61 Å². The first-order chi connectivity index (χ1) is 9.74. The lowest BCUT2D eigenvalue weighted by atomic mass is 10.2. The van der Waals surface area contributed by atoms with Crippen LogP contribution in [0.4, 0.5) is 5.69 Å². The second kappa shape index (κ2) is 4.51. The zero-order valence-electron chi connectivity index (χ0n) is 10.9. The summed E-state index contributed by atoms with van der Waals surface area (Å²) >= 11 is 3.13. The average Bonchev–Trinajstić information content (AvgIpc) is 3.15. The van der Waals surface area contributed by atoms with Crippen molar-refractivity contribution in [3.63, 3.8) is 0 Å². The van der Waals surface area contributed by atoms with E-state index in [2.05, 4.69) is 15.3 Å². The van der Waals surface area contributed by atoms with E-state index in [1.54, 1.807) is 15.9 Å². The smallest absolute Gasteiger partial charge is 0.235 e. The number of aromatic nitrogens is 4. The van der Waals surface area contributed by atoms with E-state index in [0.717, 1.165) is 51.4 Å². The molecule has 104 valence electrons. The summed E-state index contributed by atoms with van der Waals surface area (Å²) in [5.41, 5.74) is 7.99. The van der Waals surface area contributed by atoms with Crippen molar-refractivity contribution in [1.82, 2.24) is 19.8 Å². The molecule has 0 aliphatic carbocycles. The fourth-order valence-corrected chi connectivity index (χ4v) is 4.25. The second-order valence-electron chi connectivity index (χ2n) is 4.82. The number of rotatable bonds is 2. The molecule has 1 fully saturated rings. The van der Waals surface area contributed by atoms with Crippen LogP contribution < -0.4 is 5.73 Å². The Morgan fingerprint density at radius 1 is 1.45 bits per heavy atom. The average molecular weight is 307 g/mol. The standard InChI is InChI=1S/C12H13N5OS2/c1-6-5-19-9(8(6)13)11-16-17-10(7-3-2-4-18-7)14-15-12(17)20-11/h5,7H,2-4,13H2,1H3. The maximum atomic E-state index is 6.09. The lowest BCUT2D eigenvalue weighted by Crippen LogP contribution is -2.03. The molecule has 0 aromatic carbocycles. The molecule has 0 amide bonds. The minimum Gasteiger partial charge on any atom is -0.397 e. The van der Waals surface area contributed by atoms with Gasteiger partial charge in [0.2, 0.25) is 4.96 Å². The first-order valence-corrected chi connectivity index (χ1v) is 8.11. The van der Waals surface area contributed by atoms with Crippen molar-refractivity contribution in [2.24, 2.45) is 0 Å². The fraction of sp³-hybridized carbons (Fsp3) is 0.417. The van der Waals surface area contributed by atoms with Gasteiger partial charge in [-0.3, -0.25) is 0 Å². The van der Waals surface area contributed by atoms with E-state index in [4.69, 9.17) is 10.5 Å². The van der Waals surface area contributed by atoms with E-state index >= 15 is 0 Å². The molecule has 1 atom stereocenters. The van der Waals surface area contributed by atoms with E-state index in [1.807, 2.05) is 12.3 Å². The van der Waals surface area contributed by atoms with Gasteiger partial charge >= 0.3 is 0 Å². The number of nitrogen functional groups attached to an aromatic ring is 1. The molecular formula is C12H13N5OS2. The van der Waals surface area contributed by atoms with Crippen molar-refractivity contribution >= 4 is 33.3 Å². The maximum absolute atomic E-state index is 6.09. The van der Waals surface area contributed by atoms with E-state index in [9.17, 15) is 0 Å². The van der Waals surface area contributed by atoms with Crippen LogP contribution in [0.3, 0.4) is 0 Å². The normalized spacial score (nSPS) is 19.1. The third-order valence-corrected chi connectivity index (χ3v) is 5.62. The Kier molecular flexibility index (Phi) is 2.76. The van der Waals surface area contributed by atoms with Gasteiger partial charge in [-0.2, -0.15) is 9.61 Å². The van der Waals surface area contributed by atoms with E-state index in [1.165, 1.54) is 11.3 Å². The molecule has 0 radical (unpaired) electrons. The molecule has 1 unspecified atom stereocenters. The molecule has 6 nitrogen and oxygen atoms in total. The molecule has 20 heavy (non-hydrogen) atoms. The van der Waals surface area contributed by atoms with Gasteiger partial charge in [0.15, 0.2) is 10.8 Å². The number of thiophene rings is 1. The highest BCUT2D eigenvalue weighted by atomic mass is 32.1. The first-order valence-electron chi connectivity index (χ1n) is 6.41. The number of hydrogen-bond donors (Lipinski definition) is 1. The van der Waals surface area contributed by atoms with Gasteiger partial charge in [0.1, 0.15) is 6.10 Å². The van der Waals surface area contributed by atoms with Crippen LogP contribution in [-0.2, 0) is 4.74 Å². The summed E-state index contributed by atoms with van der Waals surface area (Å²) in [6, 6.07) is 0. The summed E-state index contributed by atoms with van der Waals surface area (Å²) in [5, 5.41) is 16.0. The topological polar surface area (TPSA) is 78.3 Å². The molecule has 2 N–H and O–H groups in total. The molecule has 0 spiro atoms. The summed E-state index contributed by atoms with van der Waals surface area (Å²) < 4.78 is 7.46. The Labute approximate surface area is 123 Å². The van der Waals surface area contributed by atoms with Crippen LogP contribution in [0.25, 0.3) is 14.8 Å². The van der Waals surface area contributed by atoms with Crippen LogP contribution >= 0.6 is 22.7 Å². The zero-order valence-corrected chi connectivity index (χ0v) is 12.5. The molecule has 8 heteroatoms. The van der Waals surface area contributed by atoms with Crippen LogP contribution in [0.5, 0.6) is 0 Å². The molecule has 4 rings (SSSR count). The van der Waals surface area contributed by atoms with Gasteiger partial charge in [0.25, 0.3) is 0 Å². The lowest BCUT2D eigenvalue weighted by Gasteiger charge is -2.04. The first kappa shape index (κ1) is 12.2.